The Morgan fingerprint density at radius 3 is 2.63 bits per heavy atom. The van der Waals surface area contributed by atoms with Crippen LogP contribution in [0.2, 0.25) is 0 Å². The van der Waals surface area contributed by atoms with Crippen LogP contribution in [0.1, 0.15) is 44.1 Å². The maximum atomic E-state index is 3.49. The fraction of sp³-hybridized carbons (Fsp3) is 0.647. The van der Waals surface area contributed by atoms with Gasteiger partial charge in [0.2, 0.25) is 0 Å². The van der Waals surface area contributed by atoms with Crippen LogP contribution in [-0.2, 0) is 6.42 Å². The zero-order valence-corrected chi connectivity index (χ0v) is 12.9. The molecule has 0 heterocycles. The Morgan fingerprint density at radius 1 is 1.21 bits per heavy atom. The van der Waals surface area contributed by atoms with Crippen molar-refractivity contribution in [1.29, 1.82) is 0 Å². The van der Waals surface area contributed by atoms with E-state index in [1.165, 1.54) is 56.3 Å². The SMILES string of the molecule is CNC(CCCc1ccccc1)CSC1CCCC1. The molecule has 106 valence electrons. The van der Waals surface area contributed by atoms with Gasteiger partial charge in [0.05, 0.1) is 0 Å². The molecule has 2 rings (SSSR count). The number of benzene rings is 1. The highest BCUT2D eigenvalue weighted by Crippen LogP contribution is 2.30. The monoisotopic (exact) mass is 277 g/mol. The van der Waals surface area contributed by atoms with Gasteiger partial charge in [-0.15, -0.1) is 0 Å². The van der Waals surface area contributed by atoms with Gasteiger partial charge in [-0.3, -0.25) is 0 Å². The van der Waals surface area contributed by atoms with Gasteiger partial charge < -0.3 is 5.32 Å². The fourth-order valence-electron chi connectivity index (χ4n) is 2.82. The number of thioether (sulfide) groups is 1. The van der Waals surface area contributed by atoms with Crippen LogP contribution < -0.4 is 5.32 Å². The summed E-state index contributed by atoms with van der Waals surface area (Å²) >= 11 is 2.20. The molecule has 1 atom stereocenters. The minimum Gasteiger partial charge on any atom is -0.316 e. The highest BCUT2D eigenvalue weighted by molar-refractivity contribution is 7.99. The van der Waals surface area contributed by atoms with Crippen molar-refractivity contribution in [2.45, 2.75) is 56.2 Å². The molecule has 1 aliphatic carbocycles. The second kappa shape index (κ2) is 8.65. The van der Waals surface area contributed by atoms with E-state index >= 15 is 0 Å². The van der Waals surface area contributed by atoms with Crippen molar-refractivity contribution >= 4 is 11.8 Å². The predicted molar refractivity (Wildman–Crippen MR) is 86.9 cm³/mol. The second-order valence-electron chi connectivity index (χ2n) is 5.60. The third-order valence-corrected chi connectivity index (χ3v) is 5.64. The van der Waals surface area contributed by atoms with Crippen molar-refractivity contribution in [3.8, 4) is 0 Å². The molecule has 2 heteroatoms. The molecule has 0 aromatic heterocycles. The molecule has 0 radical (unpaired) electrons. The van der Waals surface area contributed by atoms with Crippen molar-refractivity contribution in [2.24, 2.45) is 0 Å². The van der Waals surface area contributed by atoms with E-state index in [0.29, 0.717) is 6.04 Å². The predicted octanol–water partition coefficient (Wildman–Crippen LogP) is 4.27. The van der Waals surface area contributed by atoms with E-state index in [9.17, 15) is 0 Å². The van der Waals surface area contributed by atoms with Crippen molar-refractivity contribution in [3.05, 3.63) is 35.9 Å². The summed E-state index contributed by atoms with van der Waals surface area (Å²) in [5, 5.41) is 4.44. The van der Waals surface area contributed by atoms with Crippen molar-refractivity contribution < 1.29 is 0 Å². The van der Waals surface area contributed by atoms with Crippen LogP contribution in [0.3, 0.4) is 0 Å². The topological polar surface area (TPSA) is 12.0 Å². The van der Waals surface area contributed by atoms with Gasteiger partial charge >= 0.3 is 0 Å². The van der Waals surface area contributed by atoms with Crippen LogP contribution in [-0.4, -0.2) is 24.1 Å². The quantitative estimate of drug-likeness (QED) is 0.761. The second-order valence-corrected chi connectivity index (χ2v) is 6.94. The Kier molecular flexibility index (Phi) is 6.80. The Balaban J connectivity index is 1.61. The first-order chi connectivity index (χ1) is 9.38. The molecule has 0 saturated heterocycles. The normalized spacial score (nSPS) is 17.7. The van der Waals surface area contributed by atoms with E-state index in [1.54, 1.807) is 0 Å². The molecule has 0 bridgehead atoms. The molecular formula is C17H27NS. The van der Waals surface area contributed by atoms with E-state index in [1.807, 2.05) is 0 Å². The highest BCUT2D eigenvalue weighted by atomic mass is 32.2. The van der Waals surface area contributed by atoms with Gasteiger partial charge in [0.25, 0.3) is 0 Å². The van der Waals surface area contributed by atoms with Crippen molar-refractivity contribution in [1.82, 2.24) is 5.32 Å². The first kappa shape index (κ1) is 14.9. The molecule has 1 fully saturated rings. The van der Waals surface area contributed by atoms with Crippen LogP contribution in [0.25, 0.3) is 0 Å². The zero-order valence-electron chi connectivity index (χ0n) is 12.1. The minimum atomic E-state index is 0.689. The molecule has 1 nitrogen and oxygen atoms in total. The van der Waals surface area contributed by atoms with E-state index in [2.05, 4.69) is 54.5 Å². The average molecular weight is 277 g/mol. The van der Waals surface area contributed by atoms with Gasteiger partial charge in [0.1, 0.15) is 0 Å². The smallest absolute Gasteiger partial charge is 0.0155 e. The van der Waals surface area contributed by atoms with Crippen LogP contribution in [0.4, 0.5) is 0 Å². The van der Waals surface area contributed by atoms with Crippen LogP contribution in [0, 0.1) is 0 Å². The Bertz CT molecular complexity index is 332. The molecule has 1 aromatic carbocycles. The summed E-state index contributed by atoms with van der Waals surface area (Å²) in [5.74, 6) is 1.29. The fourth-order valence-corrected chi connectivity index (χ4v) is 4.32. The molecule has 1 aromatic rings. The van der Waals surface area contributed by atoms with Crippen LogP contribution in [0.15, 0.2) is 30.3 Å². The summed E-state index contributed by atoms with van der Waals surface area (Å²) < 4.78 is 0. The maximum Gasteiger partial charge on any atom is 0.0155 e. The summed E-state index contributed by atoms with van der Waals surface area (Å²) in [6.45, 7) is 0. The van der Waals surface area contributed by atoms with Gasteiger partial charge in [-0.1, -0.05) is 43.2 Å². The molecule has 1 aliphatic rings. The first-order valence-electron chi connectivity index (χ1n) is 7.71. The van der Waals surface area contributed by atoms with Gasteiger partial charge in [0.15, 0.2) is 0 Å². The van der Waals surface area contributed by atoms with Crippen molar-refractivity contribution in [2.75, 3.05) is 12.8 Å². The molecule has 1 N–H and O–H groups in total. The summed E-state index contributed by atoms with van der Waals surface area (Å²) in [6, 6.07) is 11.5. The summed E-state index contributed by atoms with van der Waals surface area (Å²) in [5.41, 5.74) is 1.47. The number of hydrogen-bond donors (Lipinski definition) is 1. The molecule has 0 aliphatic heterocycles. The Morgan fingerprint density at radius 2 is 1.95 bits per heavy atom. The molecule has 0 amide bonds. The van der Waals surface area contributed by atoms with E-state index in [-0.39, 0.29) is 0 Å². The molecular weight excluding hydrogens is 250 g/mol. The number of rotatable bonds is 8. The lowest BCUT2D eigenvalue weighted by molar-refractivity contribution is 0.548. The van der Waals surface area contributed by atoms with Gasteiger partial charge in [0, 0.05) is 17.0 Å². The van der Waals surface area contributed by atoms with Gasteiger partial charge in [-0.2, -0.15) is 11.8 Å². The lowest BCUT2D eigenvalue weighted by atomic mass is 10.1. The standard InChI is InChI=1S/C17H27NS/c1-18-16(14-19-17-12-5-6-13-17)11-7-10-15-8-3-2-4-9-15/h2-4,8-9,16-18H,5-7,10-14H2,1H3. The number of aryl methyl sites for hydroxylation is 1. The van der Waals surface area contributed by atoms with Gasteiger partial charge in [-0.25, -0.2) is 0 Å². The van der Waals surface area contributed by atoms with E-state index in [0.717, 1.165) is 5.25 Å². The average Bonchev–Trinajstić information content (AvgIpc) is 2.97. The Labute approximate surface area is 122 Å². The first-order valence-corrected chi connectivity index (χ1v) is 8.76. The third kappa shape index (κ3) is 5.58. The zero-order chi connectivity index (χ0) is 13.3. The van der Waals surface area contributed by atoms with Crippen molar-refractivity contribution in [3.63, 3.8) is 0 Å². The largest absolute Gasteiger partial charge is 0.316 e. The Hall–Kier alpha value is -0.470. The summed E-state index contributed by atoms with van der Waals surface area (Å²) in [6.07, 6.45) is 9.61. The van der Waals surface area contributed by atoms with E-state index < -0.39 is 0 Å². The van der Waals surface area contributed by atoms with Crippen LogP contribution >= 0.6 is 11.8 Å². The molecule has 19 heavy (non-hydrogen) atoms. The molecule has 1 saturated carbocycles. The summed E-state index contributed by atoms with van der Waals surface area (Å²) in [7, 11) is 2.11. The lowest BCUT2D eigenvalue weighted by Crippen LogP contribution is -2.28. The minimum absolute atomic E-state index is 0.689. The lowest BCUT2D eigenvalue weighted by Gasteiger charge is -2.18. The summed E-state index contributed by atoms with van der Waals surface area (Å²) in [4.78, 5) is 0. The third-order valence-electron chi connectivity index (χ3n) is 4.10. The number of nitrogens with one attached hydrogen (secondary N) is 1. The molecule has 1 unspecified atom stereocenters. The maximum absolute atomic E-state index is 3.49. The van der Waals surface area contributed by atoms with Crippen LogP contribution in [0.5, 0.6) is 0 Å². The highest BCUT2D eigenvalue weighted by Gasteiger charge is 2.17. The van der Waals surface area contributed by atoms with Gasteiger partial charge in [-0.05, 0) is 44.7 Å². The number of hydrogen-bond acceptors (Lipinski definition) is 2. The van der Waals surface area contributed by atoms with E-state index in [4.69, 9.17) is 0 Å². The molecule has 0 spiro atoms.